The van der Waals surface area contributed by atoms with E-state index in [9.17, 15) is 4.79 Å². The maximum Gasteiger partial charge on any atom is 0.237 e. The third kappa shape index (κ3) is 5.05. The molecule has 1 amide bonds. The summed E-state index contributed by atoms with van der Waals surface area (Å²) >= 11 is 1.33. The molecule has 1 aliphatic rings. The van der Waals surface area contributed by atoms with Gasteiger partial charge in [-0.15, -0.1) is 5.10 Å². The molecule has 1 N–H and O–H groups in total. The largest absolute Gasteiger partial charge is 0.378 e. The molecule has 1 aliphatic heterocycles. The Bertz CT molecular complexity index is 1050. The number of nitrogens with zero attached hydrogens (tertiary/aromatic N) is 5. The molecular weight excluding hydrogens is 412 g/mol. The van der Waals surface area contributed by atoms with Crippen LogP contribution in [0.4, 0.5) is 11.4 Å². The fraction of sp³-hybridized carbons (Fsp3) is 0.364. The van der Waals surface area contributed by atoms with E-state index in [-0.39, 0.29) is 11.2 Å². The fourth-order valence-corrected chi connectivity index (χ4v) is 4.11. The standard InChI is InChI=1S/C22H26N6O2S/c1-15-4-7-20(14-16(15)2)28-22(24-25-26-28)31-17(3)21(29)23-18-5-8-19(9-6-18)27-10-12-30-13-11-27/h4-9,14,17H,10-13H2,1-3H3,(H,23,29)/t17-/m1/s1. The lowest BCUT2D eigenvalue weighted by Crippen LogP contribution is -2.36. The number of morpholine rings is 1. The first-order valence-corrected chi connectivity index (χ1v) is 11.2. The number of carbonyl (C=O) groups excluding carboxylic acids is 1. The second kappa shape index (κ2) is 9.49. The van der Waals surface area contributed by atoms with E-state index >= 15 is 0 Å². The number of hydrogen-bond donors (Lipinski definition) is 1. The molecular formula is C22H26N6O2S. The quantitative estimate of drug-likeness (QED) is 0.592. The third-order valence-electron chi connectivity index (χ3n) is 5.34. The minimum Gasteiger partial charge on any atom is -0.378 e. The van der Waals surface area contributed by atoms with Crippen LogP contribution in [0.3, 0.4) is 0 Å². The molecule has 0 aliphatic carbocycles. The predicted molar refractivity (Wildman–Crippen MR) is 122 cm³/mol. The lowest BCUT2D eigenvalue weighted by molar-refractivity contribution is -0.115. The lowest BCUT2D eigenvalue weighted by atomic mass is 10.1. The van der Waals surface area contributed by atoms with Crippen LogP contribution in [0.15, 0.2) is 47.6 Å². The molecule has 2 aromatic carbocycles. The molecule has 0 spiro atoms. The highest BCUT2D eigenvalue weighted by molar-refractivity contribution is 8.00. The van der Waals surface area contributed by atoms with Gasteiger partial charge >= 0.3 is 0 Å². The summed E-state index contributed by atoms with van der Waals surface area (Å²) in [5.74, 6) is -0.0984. The molecule has 8 nitrogen and oxygen atoms in total. The number of aryl methyl sites for hydroxylation is 2. The topological polar surface area (TPSA) is 85.2 Å². The van der Waals surface area contributed by atoms with Crippen molar-refractivity contribution in [1.29, 1.82) is 0 Å². The molecule has 1 saturated heterocycles. The van der Waals surface area contributed by atoms with Crippen molar-refractivity contribution in [3.05, 3.63) is 53.6 Å². The van der Waals surface area contributed by atoms with Crippen molar-refractivity contribution >= 4 is 29.0 Å². The van der Waals surface area contributed by atoms with Gasteiger partial charge in [-0.3, -0.25) is 4.79 Å². The molecule has 0 saturated carbocycles. The van der Waals surface area contributed by atoms with E-state index in [0.29, 0.717) is 5.16 Å². The van der Waals surface area contributed by atoms with Gasteiger partial charge in [0.05, 0.1) is 24.2 Å². The van der Waals surface area contributed by atoms with E-state index in [2.05, 4.69) is 39.6 Å². The molecule has 2 heterocycles. The first-order chi connectivity index (χ1) is 15.0. The Hall–Kier alpha value is -2.91. The van der Waals surface area contributed by atoms with Gasteiger partial charge in [0.1, 0.15) is 0 Å². The molecule has 3 aromatic rings. The van der Waals surface area contributed by atoms with E-state index < -0.39 is 0 Å². The van der Waals surface area contributed by atoms with Crippen LogP contribution >= 0.6 is 11.8 Å². The molecule has 162 valence electrons. The summed E-state index contributed by atoms with van der Waals surface area (Å²) < 4.78 is 7.06. The van der Waals surface area contributed by atoms with Gasteiger partial charge in [0.15, 0.2) is 0 Å². The Kier molecular flexibility index (Phi) is 6.53. The van der Waals surface area contributed by atoms with Crippen LogP contribution in [0.2, 0.25) is 0 Å². The van der Waals surface area contributed by atoms with Gasteiger partial charge in [0.2, 0.25) is 11.1 Å². The average molecular weight is 439 g/mol. The molecule has 0 bridgehead atoms. The van der Waals surface area contributed by atoms with Crippen LogP contribution in [0.1, 0.15) is 18.1 Å². The van der Waals surface area contributed by atoms with Crippen LogP contribution in [-0.2, 0) is 9.53 Å². The zero-order chi connectivity index (χ0) is 21.8. The number of anilines is 2. The highest BCUT2D eigenvalue weighted by Crippen LogP contribution is 2.25. The van der Waals surface area contributed by atoms with E-state index in [1.807, 2.05) is 49.4 Å². The van der Waals surface area contributed by atoms with Crippen molar-refractivity contribution in [1.82, 2.24) is 20.2 Å². The maximum atomic E-state index is 12.7. The van der Waals surface area contributed by atoms with Gasteiger partial charge in [-0.1, -0.05) is 17.8 Å². The monoisotopic (exact) mass is 438 g/mol. The summed E-state index contributed by atoms with van der Waals surface area (Å²) in [4.78, 5) is 15.0. The number of benzene rings is 2. The number of nitrogens with one attached hydrogen (secondary N) is 1. The zero-order valence-corrected chi connectivity index (χ0v) is 18.7. The van der Waals surface area contributed by atoms with E-state index in [0.717, 1.165) is 48.9 Å². The Labute approximate surface area is 186 Å². The van der Waals surface area contributed by atoms with Crippen molar-refractivity contribution in [2.45, 2.75) is 31.2 Å². The van der Waals surface area contributed by atoms with Crippen molar-refractivity contribution in [2.24, 2.45) is 0 Å². The summed E-state index contributed by atoms with van der Waals surface area (Å²) in [6, 6.07) is 14.0. The Balaban J connectivity index is 1.39. The first-order valence-electron chi connectivity index (χ1n) is 10.3. The summed E-state index contributed by atoms with van der Waals surface area (Å²) in [7, 11) is 0. The second-order valence-electron chi connectivity index (χ2n) is 7.54. The summed E-state index contributed by atoms with van der Waals surface area (Å²) in [6.07, 6.45) is 0. The maximum absolute atomic E-state index is 12.7. The number of carbonyl (C=O) groups is 1. The smallest absolute Gasteiger partial charge is 0.237 e. The van der Waals surface area contributed by atoms with Gasteiger partial charge in [-0.2, -0.15) is 4.68 Å². The summed E-state index contributed by atoms with van der Waals surface area (Å²) in [5.41, 5.74) is 5.15. The summed E-state index contributed by atoms with van der Waals surface area (Å²) in [5, 5.41) is 15.2. The number of aromatic nitrogens is 4. The van der Waals surface area contributed by atoms with Crippen LogP contribution in [0.25, 0.3) is 5.69 Å². The molecule has 31 heavy (non-hydrogen) atoms. The fourth-order valence-electron chi connectivity index (χ4n) is 3.30. The molecule has 0 radical (unpaired) electrons. The Morgan fingerprint density at radius 1 is 1.06 bits per heavy atom. The van der Waals surface area contributed by atoms with Gasteiger partial charge < -0.3 is 15.0 Å². The minimum atomic E-state index is -0.366. The lowest BCUT2D eigenvalue weighted by Gasteiger charge is -2.28. The predicted octanol–water partition coefficient (Wildman–Crippen LogP) is 3.24. The average Bonchev–Trinajstić information content (AvgIpc) is 3.25. The van der Waals surface area contributed by atoms with Crippen molar-refractivity contribution in [3.8, 4) is 5.69 Å². The van der Waals surface area contributed by atoms with Crippen LogP contribution in [-0.4, -0.2) is 57.7 Å². The Morgan fingerprint density at radius 3 is 2.48 bits per heavy atom. The molecule has 1 atom stereocenters. The molecule has 0 unspecified atom stereocenters. The molecule has 4 rings (SSSR count). The Morgan fingerprint density at radius 2 is 1.77 bits per heavy atom. The van der Waals surface area contributed by atoms with Crippen molar-refractivity contribution in [3.63, 3.8) is 0 Å². The van der Waals surface area contributed by atoms with Crippen LogP contribution < -0.4 is 10.2 Å². The number of rotatable bonds is 6. The number of thioether (sulfide) groups is 1. The van der Waals surface area contributed by atoms with Gasteiger partial charge in [0.25, 0.3) is 0 Å². The van der Waals surface area contributed by atoms with Crippen molar-refractivity contribution in [2.75, 3.05) is 36.5 Å². The number of amides is 1. The van der Waals surface area contributed by atoms with E-state index in [1.54, 1.807) is 4.68 Å². The zero-order valence-electron chi connectivity index (χ0n) is 17.9. The highest BCUT2D eigenvalue weighted by atomic mass is 32.2. The molecule has 1 fully saturated rings. The van der Waals surface area contributed by atoms with Crippen LogP contribution in [0, 0.1) is 13.8 Å². The minimum absolute atomic E-state index is 0.0984. The van der Waals surface area contributed by atoms with Crippen molar-refractivity contribution < 1.29 is 9.53 Å². The third-order valence-corrected chi connectivity index (χ3v) is 6.37. The van der Waals surface area contributed by atoms with Gasteiger partial charge in [-0.25, -0.2) is 0 Å². The van der Waals surface area contributed by atoms with Gasteiger partial charge in [-0.05, 0) is 78.7 Å². The van der Waals surface area contributed by atoms with E-state index in [4.69, 9.17) is 4.74 Å². The number of hydrogen-bond acceptors (Lipinski definition) is 7. The highest BCUT2D eigenvalue weighted by Gasteiger charge is 2.20. The number of ether oxygens (including phenoxy) is 1. The second-order valence-corrected chi connectivity index (χ2v) is 8.85. The SMILES string of the molecule is Cc1ccc(-n2nnnc2S[C@H](C)C(=O)Nc2ccc(N3CCOCC3)cc2)cc1C. The normalized spacial score (nSPS) is 15.0. The van der Waals surface area contributed by atoms with Crippen LogP contribution in [0.5, 0.6) is 0 Å². The van der Waals surface area contributed by atoms with E-state index in [1.165, 1.54) is 17.3 Å². The molecule has 1 aromatic heterocycles. The van der Waals surface area contributed by atoms with Gasteiger partial charge in [0, 0.05) is 24.5 Å². The summed E-state index contributed by atoms with van der Waals surface area (Å²) in [6.45, 7) is 9.22. The number of tetrazole rings is 1. The first kappa shape index (κ1) is 21.3. The molecule has 9 heteroatoms.